The van der Waals surface area contributed by atoms with Gasteiger partial charge < -0.3 is 9.64 Å². The Morgan fingerprint density at radius 2 is 2.09 bits per heavy atom. The lowest BCUT2D eigenvalue weighted by molar-refractivity contribution is 0.135. The van der Waals surface area contributed by atoms with Gasteiger partial charge in [0.15, 0.2) is 12.3 Å². The van der Waals surface area contributed by atoms with Crippen LogP contribution in [0, 0.1) is 13.8 Å². The Bertz CT molecular complexity index is 1190. The maximum atomic E-state index is 14.8. The van der Waals surface area contributed by atoms with Crippen LogP contribution in [0.5, 0.6) is 5.88 Å². The van der Waals surface area contributed by atoms with Gasteiger partial charge in [0.05, 0.1) is 30.7 Å². The summed E-state index contributed by atoms with van der Waals surface area (Å²) in [4.78, 5) is 18.4. The molecule has 0 amide bonds. The van der Waals surface area contributed by atoms with Crippen LogP contribution in [0.4, 0.5) is 10.1 Å². The molecule has 0 N–H and O–H groups in total. The molecule has 0 unspecified atom stereocenters. The summed E-state index contributed by atoms with van der Waals surface area (Å²) in [7, 11) is 1.89. The topological polar surface area (TPSA) is 78.1 Å². The summed E-state index contributed by atoms with van der Waals surface area (Å²) in [5.41, 5.74) is 3.89. The molecule has 3 aromatic heterocycles. The van der Waals surface area contributed by atoms with Crippen molar-refractivity contribution in [1.82, 2.24) is 24.5 Å². The second-order valence-corrected chi connectivity index (χ2v) is 8.38. The number of anilines is 1. The van der Waals surface area contributed by atoms with Gasteiger partial charge in [0.1, 0.15) is 5.02 Å². The summed E-state index contributed by atoms with van der Waals surface area (Å²) >= 11 is 6.29. The third kappa shape index (κ3) is 4.09. The number of aromatic nitrogens is 5. The standard InChI is InChI=1S/C22H26ClFN6O2/c1-5-8-30-22(31)21(23)17(10-26-30)29-11-16(24)18(12-29)32-19-9-15(6-7-25-19)20-13(2)27-28(4)14(20)3/h6-7,9-10,16,18H,5,8,11-12H2,1-4H3/t16-,18-/m0/s1. The largest absolute Gasteiger partial charge is 0.469 e. The first-order valence-corrected chi connectivity index (χ1v) is 11.0. The van der Waals surface area contributed by atoms with Gasteiger partial charge in [-0.25, -0.2) is 14.1 Å². The molecule has 8 nitrogen and oxygen atoms in total. The number of pyridine rings is 1. The van der Waals surface area contributed by atoms with Crippen molar-refractivity contribution >= 4 is 17.3 Å². The quantitative estimate of drug-likeness (QED) is 0.561. The molecule has 3 aromatic rings. The second kappa shape index (κ2) is 8.90. The van der Waals surface area contributed by atoms with Crippen molar-refractivity contribution in [2.45, 2.75) is 46.0 Å². The molecule has 0 aliphatic carbocycles. The van der Waals surface area contributed by atoms with Crippen LogP contribution in [-0.4, -0.2) is 49.9 Å². The summed E-state index contributed by atoms with van der Waals surface area (Å²) in [6, 6.07) is 3.68. The molecular weight excluding hydrogens is 435 g/mol. The van der Waals surface area contributed by atoms with Gasteiger partial charge in [-0.15, -0.1) is 0 Å². The normalized spacial score (nSPS) is 18.4. The molecule has 0 bridgehead atoms. The van der Waals surface area contributed by atoms with Crippen molar-refractivity contribution in [2.24, 2.45) is 7.05 Å². The fourth-order valence-corrected chi connectivity index (χ4v) is 4.33. The maximum absolute atomic E-state index is 14.8. The molecule has 4 heterocycles. The molecule has 1 aliphatic heterocycles. The smallest absolute Gasteiger partial charge is 0.287 e. The molecule has 10 heteroatoms. The predicted octanol–water partition coefficient (Wildman–Crippen LogP) is 3.32. The van der Waals surface area contributed by atoms with E-state index in [0.717, 1.165) is 28.9 Å². The maximum Gasteiger partial charge on any atom is 0.287 e. The van der Waals surface area contributed by atoms with Crippen LogP contribution in [0.2, 0.25) is 5.02 Å². The van der Waals surface area contributed by atoms with Gasteiger partial charge >= 0.3 is 0 Å². The fourth-order valence-electron chi connectivity index (χ4n) is 4.07. The highest BCUT2D eigenvalue weighted by Crippen LogP contribution is 2.31. The lowest BCUT2D eigenvalue weighted by atomic mass is 10.1. The molecule has 1 aliphatic rings. The molecular formula is C22H26ClFN6O2. The van der Waals surface area contributed by atoms with E-state index in [2.05, 4.69) is 15.2 Å². The van der Waals surface area contributed by atoms with Crippen molar-refractivity contribution in [3.8, 4) is 17.0 Å². The predicted molar refractivity (Wildman–Crippen MR) is 121 cm³/mol. The van der Waals surface area contributed by atoms with Gasteiger partial charge in [0.2, 0.25) is 5.88 Å². The van der Waals surface area contributed by atoms with Crippen LogP contribution in [-0.2, 0) is 13.6 Å². The Hall–Kier alpha value is -2.94. The highest BCUT2D eigenvalue weighted by molar-refractivity contribution is 6.33. The van der Waals surface area contributed by atoms with Crippen LogP contribution in [0.1, 0.15) is 24.7 Å². The molecule has 1 fully saturated rings. The van der Waals surface area contributed by atoms with E-state index >= 15 is 0 Å². The zero-order valence-electron chi connectivity index (χ0n) is 18.5. The average Bonchev–Trinajstić information content (AvgIpc) is 3.24. The van der Waals surface area contributed by atoms with E-state index in [9.17, 15) is 9.18 Å². The first-order valence-electron chi connectivity index (χ1n) is 10.6. The molecule has 170 valence electrons. The van der Waals surface area contributed by atoms with Crippen molar-refractivity contribution in [2.75, 3.05) is 18.0 Å². The van der Waals surface area contributed by atoms with Crippen LogP contribution in [0.15, 0.2) is 29.3 Å². The van der Waals surface area contributed by atoms with Crippen molar-refractivity contribution in [3.05, 3.63) is 51.3 Å². The Kier molecular flexibility index (Phi) is 6.19. The minimum absolute atomic E-state index is 0.0453. The fraction of sp³-hybridized carbons (Fsp3) is 0.455. The van der Waals surface area contributed by atoms with Gasteiger partial charge in [0.25, 0.3) is 5.56 Å². The number of rotatable bonds is 6. The monoisotopic (exact) mass is 460 g/mol. The third-order valence-electron chi connectivity index (χ3n) is 5.75. The number of aryl methyl sites for hydroxylation is 3. The summed E-state index contributed by atoms with van der Waals surface area (Å²) in [6.45, 7) is 6.66. The van der Waals surface area contributed by atoms with Gasteiger partial charge in [-0.05, 0) is 31.9 Å². The molecule has 0 saturated carbocycles. The second-order valence-electron chi connectivity index (χ2n) is 8.00. The number of alkyl halides is 1. The van der Waals surface area contributed by atoms with E-state index in [1.54, 1.807) is 17.2 Å². The third-order valence-corrected chi connectivity index (χ3v) is 6.10. The molecule has 0 radical (unpaired) electrons. The van der Waals surface area contributed by atoms with E-state index in [0.29, 0.717) is 18.1 Å². The highest BCUT2D eigenvalue weighted by Gasteiger charge is 2.36. The summed E-state index contributed by atoms with van der Waals surface area (Å²) in [5.74, 6) is 0.335. The highest BCUT2D eigenvalue weighted by atomic mass is 35.5. The zero-order chi connectivity index (χ0) is 23.0. The first kappa shape index (κ1) is 22.3. The van der Waals surface area contributed by atoms with Crippen molar-refractivity contribution < 1.29 is 9.13 Å². The van der Waals surface area contributed by atoms with E-state index < -0.39 is 12.3 Å². The van der Waals surface area contributed by atoms with Gasteiger partial charge in [-0.1, -0.05) is 18.5 Å². The molecule has 1 saturated heterocycles. The zero-order valence-corrected chi connectivity index (χ0v) is 19.3. The van der Waals surface area contributed by atoms with Gasteiger partial charge in [-0.3, -0.25) is 9.48 Å². The Balaban J connectivity index is 1.53. The molecule has 32 heavy (non-hydrogen) atoms. The van der Waals surface area contributed by atoms with Crippen LogP contribution in [0.3, 0.4) is 0 Å². The summed E-state index contributed by atoms with van der Waals surface area (Å²) < 4.78 is 23.9. The van der Waals surface area contributed by atoms with Crippen molar-refractivity contribution in [1.29, 1.82) is 0 Å². The number of nitrogens with zero attached hydrogens (tertiary/aromatic N) is 6. The molecule has 0 spiro atoms. The van der Waals surface area contributed by atoms with E-state index in [1.165, 1.54) is 10.9 Å². The van der Waals surface area contributed by atoms with Crippen LogP contribution >= 0.6 is 11.6 Å². The summed E-state index contributed by atoms with van der Waals surface area (Å²) in [5, 5.41) is 8.66. The number of hydrogen-bond donors (Lipinski definition) is 0. The van der Waals surface area contributed by atoms with E-state index in [-0.39, 0.29) is 23.7 Å². The Morgan fingerprint density at radius 1 is 1.31 bits per heavy atom. The van der Waals surface area contributed by atoms with Crippen LogP contribution in [0.25, 0.3) is 11.1 Å². The number of halogens is 2. The SMILES string of the molecule is CCCn1ncc(N2C[C@H](Oc3cc(-c4c(C)nn(C)c4C)ccn3)[C@@H](F)C2)c(Cl)c1=O. The van der Waals surface area contributed by atoms with E-state index in [1.807, 2.05) is 38.6 Å². The lowest BCUT2D eigenvalue weighted by Gasteiger charge is -2.19. The van der Waals surface area contributed by atoms with Gasteiger partial charge in [0, 0.05) is 37.1 Å². The first-order chi connectivity index (χ1) is 15.3. The minimum Gasteiger partial charge on any atom is -0.469 e. The number of hydrogen-bond acceptors (Lipinski definition) is 6. The molecule has 4 rings (SSSR count). The average molecular weight is 461 g/mol. The molecule has 2 atom stereocenters. The lowest BCUT2D eigenvalue weighted by Crippen LogP contribution is -2.30. The van der Waals surface area contributed by atoms with E-state index in [4.69, 9.17) is 16.3 Å². The Morgan fingerprint density at radius 3 is 2.78 bits per heavy atom. The molecule has 0 aromatic carbocycles. The number of ether oxygens (including phenoxy) is 1. The van der Waals surface area contributed by atoms with Crippen molar-refractivity contribution in [3.63, 3.8) is 0 Å². The minimum atomic E-state index is -1.27. The summed E-state index contributed by atoms with van der Waals surface area (Å²) in [6.07, 6.45) is 1.91. The van der Waals surface area contributed by atoms with Gasteiger partial charge in [-0.2, -0.15) is 10.2 Å². The van der Waals surface area contributed by atoms with Crippen LogP contribution < -0.4 is 15.2 Å². The Labute approximate surface area is 190 Å².